The van der Waals surface area contributed by atoms with Crippen LogP contribution in [0.15, 0.2) is 12.2 Å². The number of allylic oxidation sites excluding steroid dienone is 1. The molecular weight excluding hydrogens is 156 g/mol. The molecule has 0 amide bonds. The first-order valence-electron chi connectivity index (χ1n) is 4.21. The van der Waals surface area contributed by atoms with Crippen LogP contribution in [0, 0.1) is 5.92 Å². The van der Waals surface area contributed by atoms with Crippen molar-refractivity contribution in [3.05, 3.63) is 12.2 Å². The van der Waals surface area contributed by atoms with Crippen LogP contribution in [0.2, 0.25) is 0 Å². The summed E-state index contributed by atoms with van der Waals surface area (Å²) in [5, 5.41) is 26.5. The molecule has 3 atom stereocenters. The van der Waals surface area contributed by atoms with Crippen molar-refractivity contribution in [2.24, 2.45) is 5.92 Å². The molecule has 0 bridgehead atoms. The fraction of sp³-hybridized carbons (Fsp3) is 0.778. The quantitative estimate of drug-likeness (QED) is 0.525. The second-order valence-electron chi connectivity index (χ2n) is 3.13. The zero-order valence-corrected chi connectivity index (χ0v) is 7.64. The molecule has 0 radical (unpaired) electrons. The van der Waals surface area contributed by atoms with Crippen LogP contribution in [0.25, 0.3) is 0 Å². The van der Waals surface area contributed by atoms with Crippen LogP contribution in [0.1, 0.15) is 20.3 Å². The van der Waals surface area contributed by atoms with Crippen LogP contribution in [0.4, 0.5) is 0 Å². The maximum absolute atomic E-state index is 9.10. The summed E-state index contributed by atoms with van der Waals surface area (Å²) < 4.78 is 0. The molecule has 0 saturated heterocycles. The third kappa shape index (κ3) is 5.29. The van der Waals surface area contributed by atoms with E-state index >= 15 is 0 Å². The zero-order chi connectivity index (χ0) is 9.56. The van der Waals surface area contributed by atoms with Gasteiger partial charge in [0.1, 0.15) is 0 Å². The van der Waals surface area contributed by atoms with E-state index in [0.29, 0.717) is 6.42 Å². The highest BCUT2D eigenvalue weighted by Crippen LogP contribution is 2.08. The van der Waals surface area contributed by atoms with Gasteiger partial charge in [0.25, 0.3) is 0 Å². The van der Waals surface area contributed by atoms with E-state index < -0.39 is 6.10 Å². The molecule has 3 N–H and O–H groups in total. The third-order valence-corrected chi connectivity index (χ3v) is 1.88. The van der Waals surface area contributed by atoms with Crippen molar-refractivity contribution in [2.75, 3.05) is 6.61 Å². The average Bonchev–Trinajstić information content (AvgIpc) is 2.03. The van der Waals surface area contributed by atoms with Crippen molar-refractivity contribution < 1.29 is 15.3 Å². The largest absolute Gasteiger partial charge is 0.393 e. The Morgan fingerprint density at radius 1 is 1.25 bits per heavy atom. The minimum Gasteiger partial charge on any atom is -0.393 e. The van der Waals surface area contributed by atoms with Gasteiger partial charge in [0.2, 0.25) is 0 Å². The Kier molecular flexibility index (Phi) is 5.98. The summed E-state index contributed by atoms with van der Waals surface area (Å²) in [7, 11) is 0. The van der Waals surface area contributed by atoms with E-state index in [4.69, 9.17) is 15.3 Å². The molecule has 3 nitrogen and oxygen atoms in total. The van der Waals surface area contributed by atoms with Crippen molar-refractivity contribution in [2.45, 2.75) is 32.5 Å². The Balaban J connectivity index is 3.59. The fourth-order valence-electron chi connectivity index (χ4n) is 0.708. The number of aliphatic hydroxyl groups excluding tert-OH is 3. The van der Waals surface area contributed by atoms with Crippen LogP contribution in [-0.2, 0) is 0 Å². The lowest BCUT2D eigenvalue weighted by Crippen LogP contribution is -2.12. The average molecular weight is 174 g/mol. The summed E-state index contributed by atoms with van der Waals surface area (Å²) in [6.45, 7) is 3.42. The first-order valence-corrected chi connectivity index (χ1v) is 4.21. The van der Waals surface area contributed by atoms with Crippen LogP contribution >= 0.6 is 0 Å². The minimum absolute atomic E-state index is 0.187. The standard InChI is InChI=1S/C9H18O3/c1-7(8(2)11)4-3-5-9(12)6-10/h3,5,7-12H,4,6H2,1-2H3/b5-3+/t7?,8?,9-/m0/s1. The molecule has 12 heavy (non-hydrogen) atoms. The van der Waals surface area contributed by atoms with E-state index in [2.05, 4.69) is 0 Å². The van der Waals surface area contributed by atoms with Crippen LogP contribution in [-0.4, -0.2) is 34.1 Å². The molecule has 0 aliphatic carbocycles. The Hall–Kier alpha value is -0.380. The second-order valence-corrected chi connectivity index (χ2v) is 3.13. The third-order valence-electron chi connectivity index (χ3n) is 1.88. The normalized spacial score (nSPS) is 19.4. The van der Waals surface area contributed by atoms with Gasteiger partial charge in [0, 0.05) is 0 Å². The SMILES string of the molecule is CC(O)C(C)C/C=C/[C@H](O)CO. The molecular formula is C9H18O3. The van der Waals surface area contributed by atoms with Gasteiger partial charge < -0.3 is 15.3 Å². The highest BCUT2D eigenvalue weighted by atomic mass is 16.3. The summed E-state index contributed by atoms with van der Waals surface area (Å²) in [4.78, 5) is 0. The van der Waals surface area contributed by atoms with Crippen LogP contribution < -0.4 is 0 Å². The van der Waals surface area contributed by atoms with Crippen LogP contribution in [0.3, 0.4) is 0 Å². The van der Waals surface area contributed by atoms with E-state index in [-0.39, 0.29) is 18.6 Å². The summed E-state index contributed by atoms with van der Waals surface area (Å²) in [5.41, 5.74) is 0. The topological polar surface area (TPSA) is 60.7 Å². The molecule has 0 aromatic rings. The fourth-order valence-corrected chi connectivity index (χ4v) is 0.708. The highest BCUT2D eigenvalue weighted by molar-refractivity contribution is 4.89. The van der Waals surface area contributed by atoms with Crippen LogP contribution in [0.5, 0.6) is 0 Å². The van der Waals surface area contributed by atoms with Crippen molar-refractivity contribution in [1.82, 2.24) is 0 Å². The van der Waals surface area contributed by atoms with Crippen molar-refractivity contribution in [3.63, 3.8) is 0 Å². The molecule has 0 aliphatic rings. The number of hydrogen-bond acceptors (Lipinski definition) is 3. The zero-order valence-electron chi connectivity index (χ0n) is 7.64. The Labute approximate surface area is 73.4 Å². The number of hydrogen-bond donors (Lipinski definition) is 3. The van der Waals surface area contributed by atoms with Gasteiger partial charge in [-0.1, -0.05) is 19.1 Å². The number of aliphatic hydroxyl groups is 3. The Bertz CT molecular complexity index is 132. The molecule has 0 aliphatic heterocycles. The first kappa shape index (κ1) is 11.6. The van der Waals surface area contributed by atoms with E-state index in [1.54, 1.807) is 19.1 Å². The van der Waals surface area contributed by atoms with E-state index in [1.807, 2.05) is 6.92 Å². The van der Waals surface area contributed by atoms with Gasteiger partial charge in [-0.05, 0) is 19.3 Å². The van der Waals surface area contributed by atoms with E-state index in [1.165, 1.54) is 0 Å². The Morgan fingerprint density at radius 2 is 1.83 bits per heavy atom. The van der Waals surface area contributed by atoms with Gasteiger partial charge in [-0.15, -0.1) is 0 Å². The minimum atomic E-state index is -0.772. The molecule has 72 valence electrons. The number of rotatable bonds is 5. The maximum atomic E-state index is 9.10. The lowest BCUT2D eigenvalue weighted by atomic mass is 10.0. The molecule has 2 unspecified atom stereocenters. The van der Waals surface area contributed by atoms with Crippen molar-refractivity contribution in [3.8, 4) is 0 Å². The second kappa shape index (κ2) is 6.17. The van der Waals surface area contributed by atoms with Crippen molar-refractivity contribution >= 4 is 0 Å². The smallest absolute Gasteiger partial charge is 0.0951 e. The molecule has 3 heteroatoms. The molecule has 0 spiro atoms. The van der Waals surface area contributed by atoms with Gasteiger partial charge in [-0.25, -0.2) is 0 Å². The lowest BCUT2D eigenvalue weighted by molar-refractivity contribution is 0.128. The summed E-state index contributed by atoms with van der Waals surface area (Å²) in [6, 6.07) is 0. The predicted octanol–water partition coefficient (Wildman–Crippen LogP) is 0.303. The molecule has 0 rings (SSSR count). The van der Waals surface area contributed by atoms with E-state index in [9.17, 15) is 0 Å². The van der Waals surface area contributed by atoms with Gasteiger partial charge in [-0.3, -0.25) is 0 Å². The van der Waals surface area contributed by atoms with Gasteiger partial charge in [0.05, 0.1) is 18.8 Å². The molecule has 0 aromatic heterocycles. The molecule has 0 saturated carbocycles. The predicted molar refractivity (Wildman–Crippen MR) is 47.7 cm³/mol. The first-order chi connectivity index (χ1) is 5.57. The highest BCUT2D eigenvalue weighted by Gasteiger charge is 2.05. The molecule has 0 heterocycles. The Morgan fingerprint density at radius 3 is 2.25 bits per heavy atom. The summed E-state index contributed by atoms with van der Waals surface area (Å²) >= 11 is 0. The van der Waals surface area contributed by atoms with Crippen molar-refractivity contribution in [1.29, 1.82) is 0 Å². The molecule has 0 aromatic carbocycles. The maximum Gasteiger partial charge on any atom is 0.0951 e. The van der Waals surface area contributed by atoms with Gasteiger partial charge in [-0.2, -0.15) is 0 Å². The summed E-state index contributed by atoms with van der Waals surface area (Å²) in [6.07, 6.45) is 2.93. The summed E-state index contributed by atoms with van der Waals surface area (Å²) in [5.74, 6) is 0.187. The molecule has 0 fully saturated rings. The lowest BCUT2D eigenvalue weighted by Gasteiger charge is -2.11. The van der Waals surface area contributed by atoms with E-state index in [0.717, 1.165) is 0 Å². The van der Waals surface area contributed by atoms with Gasteiger partial charge in [0.15, 0.2) is 0 Å². The monoisotopic (exact) mass is 174 g/mol. The van der Waals surface area contributed by atoms with Gasteiger partial charge >= 0.3 is 0 Å².